The molecule has 1 aliphatic heterocycles. The molecule has 0 spiro atoms. The van der Waals surface area contributed by atoms with E-state index in [2.05, 4.69) is 4.98 Å². The van der Waals surface area contributed by atoms with Gasteiger partial charge in [-0.2, -0.15) is 13.2 Å². The molecule has 190 valence electrons. The highest BCUT2D eigenvalue weighted by Gasteiger charge is 2.43. The quantitative estimate of drug-likeness (QED) is 0.431. The molecule has 3 aromatic rings. The fraction of sp³-hybridized carbons (Fsp3) is 0.333. The van der Waals surface area contributed by atoms with E-state index in [4.69, 9.17) is 0 Å². The number of hydrogen-bond acceptors (Lipinski definition) is 4. The summed E-state index contributed by atoms with van der Waals surface area (Å²) < 4.78 is 65.3. The van der Waals surface area contributed by atoms with Crippen LogP contribution in [-0.4, -0.2) is 43.1 Å². The number of alkyl halides is 3. The highest BCUT2D eigenvalue weighted by molar-refractivity contribution is 7.91. The molecular weight excluding hydrogens is 489 g/mol. The Kier molecular flexibility index (Phi) is 7.49. The minimum absolute atomic E-state index is 0.00979. The van der Waals surface area contributed by atoms with Crippen molar-refractivity contribution < 1.29 is 26.4 Å². The fourth-order valence-electron chi connectivity index (χ4n) is 4.71. The van der Waals surface area contributed by atoms with E-state index in [1.54, 1.807) is 24.0 Å². The number of rotatable bonds is 7. The van der Waals surface area contributed by atoms with Gasteiger partial charge in [0, 0.05) is 37.5 Å². The molecule has 2 atom stereocenters. The van der Waals surface area contributed by atoms with E-state index in [1.807, 2.05) is 30.3 Å². The highest BCUT2D eigenvalue weighted by atomic mass is 32.2. The number of carbonyl (C=O) groups excluding carboxylic acids is 1. The van der Waals surface area contributed by atoms with E-state index in [1.165, 1.54) is 24.4 Å². The standard InChI is InChI=1S/C27H27F3N2O3S/c1-2-36(34,35)21-13-10-19(11-14-21)12-15-25(33)32-17-22(20-7-4-3-5-8-20)23(18-32)26-24(27(28,29)30)9-6-16-31-26/h3-11,13-14,16,22-23H,2,12,15,17-18H2,1H3. The summed E-state index contributed by atoms with van der Waals surface area (Å²) in [7, 11) is -3.30. The van der Waals surface area contributed by atoms with E-state index < -0.39 is 27.5 Å². The number of aryl methyl sites for hydroxylation is 1. The van der Waals surface area contributed by atoms with Crippen LogP contribution in [0.15, 0.2) is 77.8 Å². The predicted molar refractivity (Wildman–Crippen MR) is 130 cm³/mol. The van der Waals surface area contributed by atoms with E-state index in [-0.39, 0.29) is 41.1 Å². The molecule has 0 radical (unpaired) electrons. The molecule has 0 aliphatic carbocycles. The molecule has 0 N–H and O–H groups in total. The van der Waals surface area contributed by atoms with Gasteiger partial charge in [0.1, 0.15) is 0 Å². The summed E-state index contributed by atoms with van der Waals surface area (Å²) >= 11 is 0. The van der Waals surface area contributed by atoms with Crippen molar-refractivity contribution in [3.8, 4) is 0 Å². The third-order valence-corrected chi connectivity index (χ3v) is 8.44. The molecule has 1 aromatic heterocycles. The zero-order valence-electron chi connectivity index (χ0n) is 19.8. The second-order valence-corrected chi connectivity index (χ2v) is 11.2. The van der Waals surface area contributed by atoms with Crippen LogP contribution >= 0.6 is 0 Å². The van der Waals surface area contributed by atoms with Crippen molar-refractivity contribution in [3.05, 3.63) is 95.3 Å². The van der Waals surface area contributed by atoms with Gasteiger partial charge in [0.25, 0.3) is 0 Å². The van der Waals surface area contributed by atoms with Gasteiger partial charge in [0.2, 0.25) is 5.91 Å². The molecule has 2 heterocycles. The second-order valence-electron chi connectivity index (χ2n) is 8.90. The number of halogens is 3. The molecule has 2 unspecified atom stereocenters. The third-order valence-electron chi connectivity index (χ3n) is 6.69. The van der Waals surface area contributed by atoms with E-state index in [0.717, 1.165) is 17.2 Å². The van der Waals surface area contributed by atoms with Crippen LogP contribution in [0.4, 0.5) is 13.2 Å². The minimum Gasteiger partial charge on any atom is -0.341 e. The van der Waals surface area contributed by atoms with Crippen LogP contribution in [0.3, 0.4) is 0 Å². The number of amides is 1. The van der Waals surface area contributed by atoms with Crippen molar-refractivity contribution in [2.45, 2.75) is 42.7 Å². The molecule has 1 fully saturated rings. The van der Waals surface area contributed by atoms with Crippen molar-refractivity contribution in [2.24, 2.45) is 0 Å². The van der Waals surface area contributed by atoms with Gasteiger partial charge < -0.3 is 4.90 Å². The fourth-order valence-corrected chi connectivity index (χ4v) is 5.60. The van der Waals surface area contributed by atoms with Gasteiger partial charge in [-0.1, -0.05) is 49.4 Å². The van der Waals surface area contributed by atoms with Crippen molar-refractivity contribution in [1.82, 2.24) is 9.88 Å². The molecule has 9 heteroatoms. The number of sulfone groups is 1. The number of benzene rings is 2. The molecule has 5 nitrogen and oxygen atoms in total. The van der Waals surface area contributed by atoms with Crippen LogP contribution < -0.4 is 0 Å². The second kappa shape index (κ2) is 10.4. The summed E-state index contributed by atoms with van der Waals surface area (Å²) in [6.45, 7) is 2.03. The number of likely N-dealkylation sites (tertiary alicyclic amines) is 1. The van der Waals surface area contributed by atoms with E-state index in [9.17, 15) is 26.4 Å². The number of carbonyl (C=O) groups is 1. The number of pyridine rings is 1. The van der Waals surface area contributed by atoms with E-state index >= 15 is 0 Å². The minimum atomic E-state index is -4.54. The van der Waals surface area contributed by atoms with Gasteiger partial charge in [-0.15, -0.1) is 0 Å². The third kappa shape index (κ3) is 5.61. The summed E-state index contributed by atoms with van der Waals surface area (Å²) in [5, 5.41) is 0. The van der Waals surface area contributed by atoms with Crippen LogP contribution in [-0.2, 0) is 27.2 Å². The molecule has 2 aromatic carbocycles. The highest BCUT2D eigenvalue weighted by Crippen LogP contribution is 2.43. The Hall–Kier alpha value is -3.20. The summed E-state index contributed by atoms with van der Waals surface area (Å²) in [5.74, 6) is -1.05. The first-order valence-corrected chi connectivity index (χ1v) is 13.4. The summed E-state index contributed by atoms with van der Waals surface area (Å²) in [6.07, 6.45) is -2.61. The zero-order chi connectivity index (χ0) is 25.9. The maximum absolute atomic E-state index is 13.8. The lowest BCUT2D eigenvalue weighted by atomic mass is 9.85. The van der Waals surface area contributed by atoms with Gasteiger partial charge >= 0.3 is 6.18 Å². The van der Waals surface area contributed by atoms with Crippen LogP contribution in [0.2, 0.25) is 0 Å². The first-order valence-electron chi connectivity index (χ1n) is 11.8. The average Bonchev–Trinajstić information content (AvgIpc) is 3.33. The number of hydrogen-bond donors (Lipinski definition) is 0. The maximum atomic E-state index is 13.8. The largest absolute Gasteiger partial charge is 0.418 e. The molecule has 4 rings (SSSR count). The van der Waals surface area contributed by atoms with Gasteiger partial charge in [-0.05, 0) is 41.8 Å². The molecule has 0 saturated carbocycles. The lowest BCUT2D eigenvalue weighted by molar-refractivity contribution is -0.138. The summed E-state index contributed by atoms with van der Waals surface area (Å²) in [6, 6.07) is 18.0. The molecule has 1 saturated heterocycles. The van der Waals surface area contributed by atoms with Gasteiger partial charge in [0.15, 0.2) is 9.84 Å². The summed E-state index contributed by atoms with van der Waals surface area (Å²) in [5.41, 5.74) is 0.872. The average molecular weight is 517 g/mol. The monoisotopic (exact) mass is 516 g/mol. The Bertz CT molecular complexity index is 1310. The maximum Gasteiger partial charge on any atom is 0.418 e. The molecule has 36 heavy (non-hydrogen) atoms. The number of aromatic nitrogens is 1. The Morgan fingerprint density at radius 2 is 1.64 bits per heavy atom. The molecule has 1 amide bonds. The first kappa shape index (κ1) is 25.9. The van der Waals surface area contributed by atoms with Crippen molar-refractivity contribution >= 4 is 15.7 Å². The van der Waals surface area contributed by atoms with Crippen LogP contribution in [0.1, 0.15) is 47.6 Å². The van der Waals surface area contributed by atoms with Gasteiger partial charge in [-0.25, -0.2) is 8.42 Å². The van der Waals surface area contributed by atoms with Crippen LogP contribution in [0.25, 0.3) is 0 Å². The Balaban J connectivity index is 1.53. The Morgan fingerprint density at radius 1 is 0.972 bits per heavy atom. The van der Waals surface area contributed by atoms with Crippen molar-refractivity contribution in [2.75, 3.05) is 18.8 Å². The lowest BCUT2D eigenvalue weighted by Crippen LogP contribution is -2.29. The Labute approximate surface area is 208 Å². The van der Waals surface area contributed by atoms with Crippen LogP contribution in [0, 0.1) is 0 Å². The lowest BCUT2D eigenvalue weighted by Gasteiger charge is -2.21. The Morgan fingerprint density at radius 3 is 2.28 bits per heavy atom. The SMILES string of the molecule is CCS(=O)(=O)c1ccc(CCC(=O)N2CC(c3ccccc3)C(c3ncccc3C(F)(F)F)C2)cc1. The van der Waals surface area contributed by atoms with Gasteiger partial charge in [0.05, 0.1) is 21.9 Å². The predicted octanol–water partition coefficient (Wildman–Crippen LogP) is 5.24. The topological polar surface area (TPSA) is 67.3 Å². The van der Waals surface area contributed by atoms with E-state index in [0.29, 0.717) is 13.0 Å². The van der Waals surface area contributed by atoms with Crippen molar-refractivity contribution in [3.63, 3.8) is 0 Å². The summed E-state index contributed by atoms with van der Waals surface area (Å²) in [4.78, 5) is 19.1. The van der Waals surface area contributed by atoms with Crippen LogP contribution in [0.5, 0.6) is 0 Å². The molecule has 1 aliphatic rings. The normalized spacial score (nSPS) is 18.4. The molecular formula is C27H27F3N2O3S. The zero-order valence-corrected chi connectivity index (χ0v) is 20.6. The molecule has 0 bridgehead atoms. The van der Waals surface area contributed by atoms with Crippen molar-refractivity contribution in [1.29, 1.82) is 0 Å². The number of nitrogens with zero attached hydrogens (tertiary/aromatic N) is 2. The first-order chi connectivity index (χ1) is 17.1. The van der Waals surface area contributed by atoms with Gasteiger partial charge in [-0.3, -0.25) is 9.78 Å². The smallest absolute Gasteiger partial charge is 0.341 e.